The van der Waals surface area contributed by atoms with E-state index in [9.17, 15) is 4.79 Å². The average Bonchev–Trinajstić information content (AvgIpc) is 2.17. The predicted octanol–water partition coefficient (Wildman–Crippen LogP) is 2.18. The number of carbonyl (C=O) groups is 1. The summed E-state index contributed by atoms with van der Waals surface area (Å²) in [5.74, 6) is -0.320. The number of esters is 1. The van der Waals surface area contributed by atoms with Crippen LogP contribution in [0.3, 0.4) is 0 Å². The summed E-state index contributed by atoms with van der Waals surface area (Å²) in [4.78, 5) is 10.7. The van der Waals surface area contributed by atoms with Gasteiger partial charge in [0.1, 0.15) is 6.10 Å². The second-order valence-electron chi connectivity index (χ2n) is 2.99. The van der Waals surface area contributed by atoms with Crippen LogP contribution in [0.2, 0.25) is 0 Å². The van der Waals surface area contributed by atoms with Crippen LogP contribution in [0.25, 0.3) is 0 Å². The van der Waals surface area contributed by atoms with Crippen molar-refractivity contribution in [1.29, 1.82) is 5.26 Å². The van der Waals surface area contributed by atoms with E-state index in [1.54, 1.807) is 25.1 Å². The molecule has 0 heterocycles. The van der Waals surface area contributed by atoms with Gasteiger partial charge in [0, 0.05) is 6.92 Å². The molecule has 0 N–H and O–H groups in total. The van der Waals surface area contributed by atoms with Gasteiger partial charge in [-0.15, -0.1) is 0 Å². The Morgan fingerprint density at radius 2 is 2.29 bits per heavy atom. The van der Waals surface area contributed by atoms with Crippen molar-refractivity contribution in [3.05, 3.63) is 35.4 Å². The fourth-order valence-electron chi connectivity index (χ4n) is 1.18. The predicted molar refractivity (Wildman–Crippen MR) is 51.3 cm³/mol. The number of ether oxygens (including phenoxy) is 1. The monoisotopic (exact) mass is 189 g/mol. The van der Waals surface area contributed by atoms with Crippen molar-refractivity contribution in [3.63, 3.8) is 0 Å². The molecule has 0 unspecified atom stereocenters. The molecule has 0 spiro atoms. The molecule has 1 rings (SSSR count). The molecule has 0 fully saturated rings. The summed E-state index contributed by atoms with van der Waals surface area (Å²) in [5, 5.41) is 8.67. The van der Waals surface area contributed by atoms with Gasteiger partial charge in [0.2, 0.25) is 0 Å². The summed E-state index contributed by atoms with van der Waals surface area (Å²) in [6.07, 6.45) is -0.305. The summed E-state index contributed by atoms with van der Waals surface area (Å²) >= 11 is 0. The molecule has 0 amide bonds. The number of hydrogen-bond acceptors (Lipinski definition) is 3. The van der Waals surface area contributed by atoms with E-state index < -0.39 is 0 Å². The third-order valence-corrected chi connectivity index (χ3v) is 1.83. The Morgan fingerprint density at radius 3 is 2.86 bits per heavy atom. The number of nitrogens with zero attached hydrogens (tertiary/aromatic N) is 1. The summed E-state index contributed by atoms with van der Waals surface area (Å²) in [6, 6.07) is 9.06. The van der Waals surface area contributed by atoms with Crippen LogP contribution in [0.15, 0.2) is 24.3 Å². The molecular formula is C11H11NO2. The zero-order valence-corrected chi connectivity index (χ0v) is 8.15. The van der Waals surface area contributed by atoms with Gasteiger partial charge < -0.3 is 4.74 Å². The van der Waals surface area contributed by atoms with Crippen molar-refractivity contribution in [3.8, 4) is 6.07 Å². The van der Waals surface area contributed by atoms with Crippen molar-refractivity contribution in [1.82, 2.24) is 0 Å². The van der Waals surface area contributed by atoms with Crippen molar-refractivity contribution < 1.29 is 9.53 Å². The van der Waals surface area contributed by atoms with E-state index in [-0.39, 0.29) is 12.1 Å². The van der Waals surface area contributed by atoms with Crippen LogP contribution in [0.4, 0.5) is 0 Å². The lowest BCUT2D eigenvalue weighted by atomic mass is 10.1. The lowest BCUT2D eigenvalue weighted by Crippen LogP contribution is -2.04. The third kappa shape index (κ3) is 2.60. The number of carbonyl (C=O) groups excluding carboxylic acids is 1. The largest absolute Gasteiger partial charge is 0.458 e. The molecule has 0 bridgehead atoms. The number of benzene rings is 1. The minimum atomic E-state index is -0.320. The second kappa shape index (κ2) is 4.43. The Kier molecular flexibility index (Phi) is 3.24. The van der Waals surface area contributed by atoms with Crippen LogP contribution in [0.1, 0.15) is 31.1 Å². The number of hydrogen-bond donors (Lipinski definition) is 0. The van der Waals surface area contributed by atoms with E-state index in [2.05, 4.69) is 0 Å². The molecule has 3 nitrogen and oxygen atoms in total. The van der Waals surface area contributed by atoms with Crippen LogP contribution >= 0.6 is 0 Å². The fourth-order valence-corrected chi connectivity index (χ4v) is 1.18. The molecule has 0 aliphatic rings. The average molecular weight is 189 g/mol. The quantitative estimate of drug-likeness (QED) is 0.670. The third-order valence-electron chi connectivity index (χ3n) is 1.83. The van der Waals surface area contributed by atoms with Crippen LogP contribution in [-0.2, 0) is 9.53 Å². The molecule has 14 heavy (non-hydrogen) atoms. The molecule has 0 saturated heterocycles. The summed E-state index contributed by atoms with van der Waals surface area (Å²) in [5.41, 5.74) is 1.40. The van der Waals surface area contributed by atoms with Gasteiger partial charge >= 0.3 is 5.97 Å². The van der Waals surface area contributed by atoms with E-state index in [1.807, 2.05) is 12.1 Å². The van der Waals surface area contributed by atoms with E-state index in [1.165, 1.54) is 6.92 Å². The van der Waals surface area contributed by atoms with Gasteiger partial charge in [0.15, 0.2) is 0 Å². The molecule has 3 heteroatoms. The highest BCUT2D eigenvalue weighted by Crippen LogP contribution is 2.17. The number of nitriles is 1. The molecule has 0 aliphatic carbocycles. The summed E-state index contributed by atoms with van der Waals surface area (Å²) in [7, 11) is 0. The van der Waals surface area contributed by atoms with Crippen LogP contribution in [0.5, 0.6) is 0 Å². The van der Waals surface area contributed by atoms with Crippen LogP contribution < -0.4 is 0 Å². The zero-order chi connectivity index (χ0) is 10.6. The van der Waals surface area contributed by atoms with Crippen molar-refractivity contribution in [2.45, 2.75) is 20.0 Å². The van der Waals surface area contributed by atoms with E-state index >= 15 is 0 Å². The van der Waals surface area contributed by atoms with Crippen molar-refractivity contribution in [2.75, 3.05) is 0 Å². The lowest BCUT2D eigenvalue weighted by molar-refractivity contribution is -0.145. The lowest BCUT2D eigenvalue weighted by Gasteiger charge is -2.11. The SMILES string of the molecule is CC(=O)O[C@@H](C)c1cccc(C#N)c1. The maximum Gasteiger partial charge on any atom is 0.303 e. The highest BCUT2D eigenvalue weighted by Gasteiger charge is 2.08. The molecular weight excluding hydrogens is 178 g/mol. The maximum absolute atomic E-state index is 10.7. The molecule has 0 aliphatic heterocycles. The normalized spacial score (nSPS) is 11.5. The molecule has 1 atom stereocenters. The summed E-state index contributed by atoms with van der Waals surface area (Å²) < 4.78 is 4.99. The van der Waals surface area contributed by atoms with Crippen LogP contribution in [0, 0.1) is 11.3 Å². The molecule has 0 aromatic heterocycles. The van der Waals surface area contributed by atoms with Crippen molar-refractivity contribution >= 4 is 5.97 Å². The zero-order valence-electron chi connectivity index (χ0n) is 8.15. The van der Waals surface area contributed by atoms with E-state index in [4.69, 9.17) is 10.00 Å². The minimum absolute atomic E-state index is 0.305. The van der Waals surface area contributed by atoms with Gasteiger partial charge in [-0.2, -0.15) is 5.26 Å². The highest BCUT2D eigenvalue weighted by atomic mass is 16.5. The Hall–Kier alpha value is -1.82. The first-order chi connectivity index (χ1) is 6.63. The van der Waals surface area contributed by atoms with Gasteiger partial charge in [0.05, 0.1) is 11.6 Å². The molecule has 1 aromatic carbocycles. The molecule has 72 valence electrons. The Balaban J connectivity index is 2.85. The first kappa shape index (κ1) is 10.3. The maximum atomic E-state index is 10.7. The van der Waals surface area contributed by atoms with Gasteiger partial charge in [-0.3, -0.25) is 4.79 Å². The van der Waals surface area contributed by atoms with Gasteiger partial charge in [-0.1, -0.05) is 12.1 Å². The molecule has 0 radical (unpaired) electrons. The second-order valence-corrected chi connectivity index (χ2v) is 2.99. The van der Waals surface area contributed by atoms with Crippen LogP contribution in [-0.4, -0.2) is 5.97 Å². The first-order valence-electron chi connectivity index (χ1n) is 4.30. The standard InChI is InChI=1S/C11H11NO2/c1-8(14-9(2)13)11-5-3-4-10(6-11)7-12/h3-6,8H,1-2H3/t8-/m0/s1. The summed E-state index contributed by atoms with van der Waals surface area (Å²) in [6.45, 7) is 3.14. The topological polar surface area (TPSA) is 50.1 Å². The Labute approximate surface area is 82.9 Å². The number of rotatable bonds is 2. The highest BCUT2D eigenvalue weighted by molar-refractivity contribution is 5.66. The van der Waals surface area contributed by atoms with Gasteiger partial charge in [0.25, 0.3) is 0 Å². The van der Waals surface area contributed by atoms with Gasteiger partial charge in [-0.25, -0.2) is 0 Å². The Bertz CT molecular complexity index is 379. The minimum Gasteiger partial charge on any atom is -0.458 e. The Morgan fingerprint density at radius 1 is 1.57 bits per heavy atom. The van der Waals surface area contributed by atoms with Gasteiger partial charge in [-0.05, 0) is 24.6 Å². The molecule has 0 saturated carbocycles. The first-order valence-corrected chi connectivity index (χ1v) is 4.30. The molecule has 1 aromatic rings. The van der Waals surface area contributed by atoms with E-state index in [0.29, 0.717) is 5.56 Å². The van der Waals surface area contributed by atoms with Crippen molar-refractivity contribution in [2.24, 2.45) is 0 Å². The smallest absolute Gasteiger partial charge is 0.303 e. The van der Waals surface area contributed by atoms with E-state index in [0.717, 1.165) is 5.56 Å². The fraction of sp³-hybridized carbons (Fsp3) is 0.273.